The van der Waals surface area contributed by atoms with Crippen LogP contribution in [0.15, 0.2) is 18.2 Å². The van der Waals surface area contributed by atoms with Crippen molar-refractivity contribution >= 4 is 32.8 Å². The lowest BCUT2D eigenvalue weighted by Gasteiger charge is -2.26. The molecule has 4 nitrogen and oxygen atoms in total. The second-order valence-electron chi connectivity index (χ2n) is 8.08. The largest absolute Gasteiger partial charge is 0.497 e. The molecule has 1 aliphatic rings. The highest BCUT2D eigenvalue weighted by atomic mass is 79.9. The Morgan fingerprint density at radius 1 is 1.33 bits per heavy atom. The summed E-state index contributed by atoms with van der Waals surface area (Å²) in [5.41, 5.74) is 3.79. The van der Waals surface area contributed by atoms with Gasteiger partial charge in [-0.1, -0.05) is 22.9 Å². The van der Waals surface area contributed by atoms with E-state index < -0.39 is 5.97 Å². The number of carboxylic acid groups (broad SMARTS) is 1. The maximum Gasteiger partial charge on any atom is 0.303 e. The van der Waals surface area contributed by atoms with E-state index in [0.717, 1.165) is 18.7 Å². The third-order valence-corrected chi connectivity index (χ3v) is 6.87. The molecule has 5 heteroatoms. The van der Waals surface area contributed by atoms with Gasteiger partial charge in [0.1, 0.15) is 5.75 Å². The van der Waals surface area contributed by atoms with Gasteiger partial charge >= 0.3 is 5.97 Å². The molecule has 1 aromatic carbocycles. The lowest BCUT2D eigenvalue weighted by molar-refractivity contribution is -0.137. The van der Waals surface area contributed by atoms with E-state index in [-0.39, 0.29) is 12.3 Å². The molecular formula is C22H30BrNO3. The molecule has 1 aliphatic carbocycles. The number of alkyl halides is 1. The molecule has 3 rings (SSSR count). The van der Waals surface area contributed by atoms with Crippen molar-refractivity contribution in [2.75, 3.05) is 7.11 Å². The average molecular weight is 436 g/mol. The van der Waals surface area contributed by atoms with Crippen molar-refractivity contribution in [2.45, 2.75) is 63.7 Å². The van der Waals surface area contributed by atoms with Gasteiger partial charge in [0.2, 0.25) is 0 Å². The van der Waals surface area contributed by atoms with E-state index in [1.807, 2.05) is 13.0 Å². The number of rotatable bonds is 7. The number of methoxy groups -OCH3 is 1. The summed E-state index contributed by atoms with van der Waals surface area (Å²) in [6.45, 7) is 5.25. The number of carbonyl (C=O) groups is 1. The second kappa shape index (κ2) is 8.68. The predicted molar refractivity (Wildman–Crippen MR) is 113 cm³/mol. The van der Waals surface area contributed by atoms with Crippen LogP contribution < -0.4 is 4.74 Å². The van der Waals surface area contributed by atoms with E-state index >= 15 is 0 Å². The zero-order chi connectivity index (χ0) is 19.6. The van der Waals surface area contributed by atoms with Crippen LogP contribution in [0.2, 0.25) is 0 Å². The van der Waals surface area contributed by atoms with E-state index in [9.17, 15) is 4.79 Å². The Morgan fingerprint density at radius 3 is 2.67 bits per heavy atom. The third kappa shape index (κ3) is 4.68. The number of aromatic nitrogens is 1. The van der Waals surface area contributed by atoms with Crippen LogP contribution in [-0.4, -0.2) is 27.6 Å². The Labute approximate surface area is 170 Å². The van der Waals surface area contributed by atoms with E-state index in [2.05, 4.69) is 39.6 Å². The van der Waals surface area contributed by atoms with Crippen LogP contribution in [0.25, 0.3) is 10.9 Å². The number of benzene rings is 1. The Balaban J connectivity index is 1.95. The summed E-state index contributed by atoms with van der Waals surface area (Å²) in [6.07, 6.45) is 6.00. The first-order chi connectivity index (χ1) is 12.9. The first-order valence-corrected chi connectivity index (χ1v) is 10.8. The number of halogens is 1. The van der Waals surface area contributed by atoms with E-state index in [1.54, 1.807) is 7.11 Å². The van der Waals surface area contributed by atoms with E-state index in [4.69, 9.17) is 9.84 Å². The van der Waals surface area contributed by atoms with Gasteiger partial charge in [0.05, 0.1) is 7.11 Å². The summed E-state index contributed by atoms with van der Waals surface area (Å²) >= 11 is 3.75. The fourth-order valence-corrected chi connectivity index (χ4v) is 4.96. The standard InChI is InChI=1S/C22H30BrNO3/c1-14(11-22(25)26)10-19-15(2)24(13-16-4-6-17(23)7-5-16)21-9-8-18(27-3)12-20(19)21/h8-9,12,14,16-17H,4-7,10-11,13H2,1-3H3,(H,25,26)/t14-,16?,17?/m1/s1. The fourth-order valence-electron chi connectivity index (χ4n) is 4.43. The van der Waals surface area contributed by atoms with Crippen molar-refractivity contribution in [3.8, 4) is 5.75 Å². The molecule has 27 heavy (non-hydrogen) atoms. The van der Waals surface area contributed by atoms with E-state index in [0.29, 0.717) is 10.7 Å². The third-order valence-electron chi connectivity index (χ3n) is 5.95. The lowest BCUT2D eigenvalue weighted by Crippen LogP contribution is -2.19. The van der Waals surface area contributed by atoms with Gasteiger partial charge < -0.3 is 14.4 Å². The summed E-state index contributed by atoms with van der Waals surface area (Å²) in [6, 6.07) is 6.29. The van der Waals surface area contributed by atoms with Crippen molar-refractivity contribution in [1.82, 2.24) is 4.57 Å². The number of fused-ring (bicyclic) bond motifs is 1. The van der Waals surface area contributed by atoms with Crippen molar-refractivity contribution in [3.63, 3.8) is 0 Å². The maximum atomic E-state index is 11.1. The molecule has 0 unspecified atom stereocenters. The fraction of sp³-hybridized carbons (Fsp3) is 0.591. The summed E-state index contributed by atoms with van der Waals surface area (Å²) in [7, 11) is 1.69. The van der Waals surface area contributed by atoms with Crippen LogP contribution in [0.1, 0.15) is 50.3 Å². The van der Waals surface area contributed by atoms with Gasteiger partial charge in [-0.05, 0) is 74.6 Å². The van der Waals surface area contributed by atoms with Gasteiger partial charge in [-0.25, -0.2) is 0 Å². The molecule has 0 aliphatic heterocycles. The Hall–Kier alpha value is -1.49. The van der Waals surface area contributed by atoms with Crippen molar-refractivity contribution < 1.29 is 14.6 Å². The average Bonchev–Trinajstić information content (AvgIpc) is 2.88. The molecule has 0 spiro atoms. The zero-order valence-electron chi connectivity index (χ0n) is 16.5. The number of aliphatic carboxylic acids is 1. The van der Waals surface area contributed by atoms with Crippen LogP contribution in [0.3, 0.4) is 0 Å². The highest BCUT2D eigenvalue weighted by Gasteiger charge is 2.23. The Kier molecular flexibility index (Phi) is 6.51. The minimum absolute atomic E-state index is 0.107. The van der Waals surface area contributed by atoms with Gasteiger partial charge in [0, 0.05) is 34.4 Å². The van der Waals surface area contributed by atoms with Gasteiger partial charge in [-0.3, -0.25) is 4.79 Å². The first kappa shape index (κ1) is 20.2. The summed E-state index contributed by atoms with van der Waals surface area (Å²) in [5.74, 6) is 0.939. The molecule has 1 fully saturated rings. The maximum absolute atomic E-state index is 11.1. The second-order valence-corrected chi connectivity index (χ2v) is 9.38. The molecule has 1 heterocycles. The minimum Gasteiger partial charge on any atom is -0.497 e. The van der Waals surface area contributed by atoms with Gasteiger partial charge in [-0.2, -0.15) is 0 Å². The molecular weight excluding hydrogens is 406 g/mol. The minimum atomic E-state index is -0.729. The highest BCUT2D eigenvalue weighted by molar-refractivity contribution is 9.09. The SMILES string of the molecule is COc1ccc2c(c1)c(C[C@@H](C)CC(=O)O)c(C)n2CC1CCC(Br)CC1. The number of carboxylic acids is 1. The quantitative estimate of drug-likeness (QED) is 0.578. The normalized spacial score (nSPS) is 21.3. The molecule has 1 atom stereocenters. The Morgan fingerprint density at radius 2 is 2.04 bits per heavy atom. The number of nitrogens with zero attached hydrogens (tertiary/aromatic N) is 1. The number of ether oxygens (including phenoxy) is 1. The molecule has 0 saturated heterocycles. The van der Waals surface area contributed by atoms with Gasteiger partial charge in [0.25, 0.3) is 0 Å². The topological polar surface area (TPSA) is 51.5 Å². The van der Waals surface area contributed by atoms with Crippen LogP contribution in [0, 0.1) is 18.8 Å². The van der Waals surface area contributed by atoms with Crippen LogP contribution in [0.5, 0.6) is 5.75 Å². The molecule has 0 amide bonds. The zero-order valence-corrected chi connectivity index (χ0v) is 18.1. The predicted octanol–water partition coefficient (Wildman–Crippen LogP) is 5.57. The molecule has 0 radical (unpaired) electrons. The smallest absolute Gasteiger partial charge is 0.303 e. The van der Waals surface area contributed by atoms with Gasteiger partial charge in [0.15, 0.2) is 0 Å². The molecule has 0 bridgehead atoms. The van der Waals surface area contributed by atoms with E-state index in [1.165, 1.54) is 47.8 Å². The van der Waals surface area contributed by atoms with Crippen molar-refractivity contribution in [1.29, 1.82) is 0 Å². The summed E-state index contributed by atoms with van der Waals surface area (Å²) < 4.78 is 7.90. The lowest BCUT2D eigenvalue weighted by atomic mass is 9.89. The summed E-state index contributed by atoms with van der Waals surface area (Å²) in [5, 5.41) is 10.3. The molecule has 1 saturated carbocycles. The molecule has 148 valence electrons. The molecule has 1 N–H and O–H groups in total. The van der Waals surface area contributed by atoms with Crippen molar-refractivity contribution in [2.24, 2.45) is 11.8 Å². The Bertz CT molecular complexity index is 805. The molecule has 1 aromatic heterocycles. The highest BCUT2D eigenvalue weighted by Crippen LogP contribution is 2.35. The monoisotopic (exact) mass is 435 g/mol. The number of hydrogen-bond donors (Lipinski definition) is 1. The van der Waals surface area contributed by atoms with Gasteiger partial charge in [-0.15, -0.1) is 0 Å². The summed E-state index contributed by atoms with van der Waals surface area (Å²) in [4.78, 5) is 11.8. The van der Waals surface area contributed by atoms with Crippen LogP contribution >= 0.6 is 15.9 Å². The first-order valence-electron chi connectivity index (χ1n) is 9.90. The van der Waals surface area contributed by atoms with Crippen LogP contribution in [-0.2, 0) is 17.8 Å². The molecule has 2 aromatic rings. The number of hydrogen-bond acceptors (Lipinski definition) is 2. The van der Waals surface area contributed by atoms with Crippen molar-refractivity contribution in [3.05, 3.63) is 29.5 Å². The van der Waals surface area contributed by atoms with Crippen LogP contribution in [0.4, 0.5) is 0 Å².